The first-order chi connectivity index (χ1) is 18.2. The minimum absolute atomic E-state index is 0.268. The highest BCUT2D eigenvalue weighted by Gasteiger charge is 2.23. The van der Waals surface area contributed by atoms with Gasteiger partial charge >= 0.3 is 0 Å². The third kappa shape index (κ3) is 4.82. The van der Waals surface area contributed by atoms with Crippen LogP contribution in [0.25, 0.3) is 34.9 Å². The average Bonchev–Trinajstić information content (AvgIpc) is 3.33. The highest BCUT2D eigenvalue weighted by Crippen LogP contribution is 2.34. The van der Waals surface area contributed by atoms with Gasteiger partial charge in [0.05, 0.1) is 24.6 Å². The molecule has 1 fully saturated rings. The highest BCUT2D eigenvalue weighted by atomic mass is 19.1. The van der Waals surface area contributed by atoms with E-state index < -0.39 is 0 Å². The number of rotatable bonds is 5. The van der Waals surface area contributed by atoms with Crippen LogP contribution in [-0.2, 0) is 17.7 Å². The molecule has 1 aromatic carbocycles. The number of benzene rings is 1. The standard InChI is InChI=1S/C28H28FN7O/c29-22-6-4-21(5-7-22)27-28(35-13-2-1-3-25(35)32-27)23-8-9-24(30)36(33-23)14-11-20-10-12-31-26(19-20)34-15-17-37-18-16-34/h4-12,14,19,30H,1-3,13,15-18H2/b14-11+,30-24?. The molecule has 9 heteroatoms. The van der Waals surface area contributed by atoms with Gasteiger partial charge in [0.15, 0.2) is 0 Å². The minimum Gasteiger partial charge on any atom is -0.378 e. The lowest BCUT2D eigenvalue weighted by Gasteiger charge is -2.27. The highest BCUT2D eigenvalue weighted by molar-refractivity contribution is 5.77. The largest absolute Gasteiger partial charge is 0.378 e. The zero-order chi connectivity index (χ0) is 25.2. The molecule has 0 unspecified atom stereocenters. The molecule has 0 atom stereocenters. The van der Waals surface area contributed by atoms with E-state index in [0.717, 1.165) is 78.7 Å². The van der Waals surface area contributed by atoms with E-state index in [1.54, 1.807) is 35.3 Å². The van der Waals surface area contributed by atoms with E-state index in [1.165, 1.54) is 12.1 Å². The molecule has 188 valence electrons. The van der Waals surface area contributed by atoms with Gasteiger partial charge in [0, 0.05) is 44.0 Å². The van der Waals surface area contributed by atoms with Crippen molar-refractivity contribution >= 4 is 18.1 Å². The van der Waals surface area contributed by atoms with Crippen LogP contribution >= 0.6 is 0 Å². The number of hydrogen-bond donors (Lipinski definition) is 1. The van der Waals surface area contributed by atoms with Crippen molar-refractivity contribution in [3.05, 3.63) is 77.4 Å². The van der Waals surface area contributed by atoms with Crippen molar-refractivity contribution in [3.63, 3.8) is 0 Å². The molecule has 5 heterocycles. The van der Waals surface area contributed by atoms with Crippen LogP contribution in [-0.4, -0.2) is 50.6 Å². The molecule has 1 N–H and O–H groups in total. The molecule has 3 aromatic heterocycles. The molecule has 0 radical (unpaired) electrons. The first-order valence-corrected chi connectivity index (χ1v) is 12.6. The second-order valence-corrected chi connectivity index (χ2v) is 9.25. The third-order valence-corrected chi connectivity index (χ3v) is 6.81. The molecule has 0 amide bonds. The number of fused-ring (bicyclic) bond motifs is 1. The van der Waals surface area contributed by atoms with Gasteiger partial charge in [-0.15, -0.1) is 0 Å². The Kier molecular flexibility index (Phi) is 6.36. The molecule has 6 rings (SSSR count). The van der Waals surface area contributed by atoms with Crippen molar-refractivity contribution in [2.45, 2.75) is 25.8 Å². The summed E-state index contributed by atoms with van der Waals surface area (Å²) in [5.74, 6) is 1.66. The predicted octanol–water partition coefficient (Wildman–Crippen LogP) is 4.23. The number of morpholine rings is 1. The number of nitrogens with zero attached hydrogens (tertiary/aromatic N) is 6. The summed E-state index contributed by atoms with van der Waals surface area (Å²) in [5, 5.41) is 13.3. The van der Waals surface area contributed by atoms with Crippen LogP contribution in [0, 0.1) is 11.2 Å². The van der Waals surface area contributed by atoms with E-state index in [-0.39, 0.29) is 11.3 Å². The van der Waals surface area contributed by atoms with Crippen molar-refractivity contribution in [2.24, 2.45) is 0 Å². The van der Waals surface area contributed by atoms with E-state index in [2.05, 4.69) is 14.5 Å². The van der Waals surface area contributed by atoms with Crippen molar-refractivity contribution in [1.82, 2.24) is 24.3 Å². The Labute approximate surface area is 214 Å². The van der Waals surface area contributed by atoms with Crippen LogP contribution in [0.5, 0.6) is 0 Å². The number of halogens is 1. The molecule has 0 bridgehead atoms. The average molecular weight is 498 g/mol. The second kappa shape index (κ2) is 10.1. The minimum atomic E-state index is -0.276. The summed E-state index contributed by atoms with van der Waals surface area (Å²) in [4.78, 5) is 11.7. The summed E-state index contributed by atoms with van der Waals surface area (Å²) >= 11 is 0. The second-order valence-electron chi connectivity index (χ2n) is 9.25. The van der Waals surface area contributed by atoms with Gasteiger partial charge in [0.2, 0.25) is 0 Å². The summed E-state index contributed by atoms with van der Waals surface area (Å²) in [6.45, 7) is 3.91. The van der Waals surface area contributed by atoms with E-state index in [0.29, 0.717) is 13.2 Å². The quantitative estimate of drug-likeness (QED) is 0.446. The molecule has 2 aliphatic heterocycles. The maximum Gasteiger partial charge on any atom is 0.146 e. The number of imidazole rings is 1. The lowest BCUT2D eigenvalue weighted by atomic mass is 10.1. The Morgan fingerprint density at radius 1 is 0.973 bits per heavy atom. The van der Waals surface area contributed by atoms with Crippen molar-refractivity contribution in [1.29, 1.82) is 5.41 Å². The zero-order valence-electron chi connectivity index (χ0n) is 20.5. The molecule has 2 aliphatic rings. The maximum absolute atomic E-state index is 13.6. The Morgan fingerprint density at radius 3 is 2.65 bits per heavy atom. The van der Waals surface area contributed by atoms with Crippen molar-refractivity contribution < 1.29 is 9.13 Å². The molecule has 37 heavy (non-hydrogen) atoms. The summed E-state index contributed by atoms with van der Waals surface area (Å²) in [5.41, 5.74) is 4.52. The molecular weight excluding hydrogens is 469 g/mol. The molecule has 1 saturated heterocycles. The Bertz CT molecular complexity index is 1500. The van der Waals surface area contributed by atoms with E-state index >= 15 is 0 Å². The van der Waals surface area contributed by atoms with Crippen LogP contribution < -0.4 is 10.4 Å². The van der Waals surface area contributed by atoms with Gasteiger partial charge in [-0.3, -0.25) is 5.41 Å². The fraction of sp³-hybridized carbons (Fsp3) is 0.286. The summed E-state index contributed by atoms with van der Waals surface area (Å²) in [7, 11) is 0. The van der Waals surface area contributed by atoms with E-state index in [4.69, 9.17) is 20.2 Å². The summed E-state index contributed by atoms with van der Waals surface area (Å²) in [6, 6.07) is 14.0. The van der Waals surface area contributed by atoms with Gasteiger partial charge in [0.25, 0.3) is 0 Å². The fourth-order valence-corrected chi connectivity index (χ4v) is 4.89. The SMILES string of the molecule is N=c1ccc(-c2c(-c3ccc(F)cc3)nc3n2CCCC3)nn1/C=C/c1ccnc(N2CCOCC2)c1. The van der Waals surface area contributed by atoms with Crippen LogP contribution in [0.15, 0.2) is 54.7 Å². The van der Waals surface area contributed by atoms with Gasteiger partial charge in [-0.05, 0) is 73.0 Å². The van der Waals surface area contributed by atoms with E-state index in [9.17, 15) is 4.39 Å². The molecule has 4 aromatic rings. The van der Waals surface area contributed by atoms with E-state index in [1.807, 2.05) is 24.3 Å². The van der Waals surface area contributed by atoms with Crippen LogP contribution in [0.3, 0.4) is 0 Å². The summed E-state index contributed by atoms with van der Waals surface area (Å²) < 4.78 is 22.9. The topological polar surface area (TPSA) is 84.8 Å². The lowest BCUT2D eigenvalue weighted by Crippen LogP contribution is -2.36. The summed E-state index contributed by atoms with van der Waals surface area (Å²) in [6.07, 6.45) is 8.61. The Balaban J connectivity index is 1.36. The van der Waals surface area contributed by atoms with Gasteiger partial charge in [-0.2, -0.15) is 5.10 Å². The molecular formula is C28H28FN7O. The number of anilines is 1. The maximum atomic E-state index is 13.6. The van der Waals surface area contributed by atoms with Crippen LogP contribution in [0.4, 0.5) is 10.2 Å². The number of nitrogens with one attached hydrogen (secondary N) is 1. The number of pyridine rings is 1. The zero-order valence-corrected chi connectivity index (χ0v) is 20.5. The normalized spacial score (nSPS) is 15.8. The molecule has 0 aliphatic carbocycles. The predicted molar refractivity (Wildman–Crippen MR) is 140 cm³/mol. The fourth-order valence-electron chi connectivity index (χ4n) is 4.89. The van der Waals surface area contributed by atoms with Crippen LogP contribution in [0.2, 0.25) is 0 Å². The third-order valence-electron chi connectivity index (χ3n) is 6.81. The van der Waals surface area contributed by atoms with Crippen molar-refractivity contribution in [2.75, 3.05) is 31.2 Å². The van der Waals surface area contributed by atoms with Crippen LogP contribution in [0.1, 0.15) is 24.2 Å². The number of ether oxygens (including phenoxy) is 1. The van der Waals surface area contributed by atoms with Gasteiger partial charge < -0.3 is 14.2 Å². The first-order valence-electron chi connectivity index (χ1n) is 12.6. The lowest BCUT2D eigenvalue weighted by molar-refractivity contribution is 0.122. The first kappa shape index (κ1) is 23.3. The Morgan fingerprint density at radius 2 is 1.81 bits per heavy atom. The van der Waals surface area contributed by atoms with Gasteiger partial charge in [-0.25, -0.2) is 19.0 Å². The Hall–Kier alpha value is -4.11. The van der Waals surface area contributed by atoms with Gasteiger partial charge in [0.1, 0.15) is 28.6 Å². The molecule has 0 saturated carbocycles. The number of aromatic nitrogens is 5. The smallest absolute Gasteiger partial charge is 0.146 e. The molecule has 8 nitrogen and oxygen atoms in total. The molecule has 0 spiro atoms. The van der Waals surface area contributed by atoms with Gasteiger partial charge in [-0.1, -0.05) is 0 Å². The number of hydrogen-bond acceptors (Lipinski definition) is 6. The monoisotopic (exact) mass is 497 g/mol. The van der Waals surface area contributed by atoms with Crippen molar-refractivity contribution in [3.8, 4) is 22.6 Å². The number of aryl methyl sites for hydroxylation is 1.